The Balaban J connectivity index is 1.65. The number of benzene rings is 2. The molecule has 25 heavy (non-hydrogen) atoms. The van der Waals surface area contributed by atoms with Gasteiger partial charge in [0.15, 0.2) is 5.76 Å². The van der Waals surface area contributed by atoms with E-state index in [1.807, 2.05) is 50.2 Å². The molecule has 128 valence electrons. The summed E-state index contributed by atoms with van der Waals surface area (Å²) in [5.74, 6) is 1.38. The van der Waals surface area contributed by atoms with Gasteiger partial charge in [-0.2, -0.15) is 0 Å². The minimum absolute atomic E-state index is 0.130. The zero-order valence-electron chi connectivity index (χ0n) is 14.2. The Labute approximate surface area is 145 Å². The zero-order chi connectivity index (χ0) is 17.4. The average Bonchev–Trinajstić information content (AvgIpc) is 3.17. The SMILES string of the molecule is CCOc1cc2c(cc1NC(=O)c1cc3ccccc3o1)O[C@H](C)C2. The second kappa shape index (κ2) is 6.16. The maximum absolute atomic E-state index is 12.6. The number of rotatable bonds is 4. The molecule has 0 aliphatic carbocycles. The van der Waals surface area contributed by atoms with E-state index in [1.165, 1.54) is 0 Å². The van der Waals surface area contributed by atoms with Crippen molar-refractivity contribution in [1.82, 2.24) is 0 Å². The molecule has 0 fully saturated rings. The standard InChI is InChI=1S/C20H19NO4/c1-3-23-18-10-14-8-12(2)24-17(14)11-15(18)21-20(22)19-9-13-6-4-5-7-16(13)25-19/h4-7,9-12H,3,8H2,1-2H3,(H,21,22)/t12-/m1/s1. The fraction of sp³-hybridized carbons (Fsp3) is 0.250. The first-order valence-corrected chi connectivity index (χ1v) is 8.40. The summed E-state index contributed by atoms with van der Waals surface area (Å²) in [7, 11) is 0. The molecule has 1 amide bonds. The lowest BCUT2D eigenvalue weighted by Crippen LogP contribution is -2.12. The third-order valence-corrected chi connectivity index (χ3v) is 4.20. The van der Waals surface area contributed by atoms with Gasteiger partial charge in [0.25, 0.3) is 5.91 Å². The predicted octanol–water partition coefficient (Wildman–Crippen LogP) is 4.41. The van der Waals surface area contributed by atoms with Crippen LogP contribution in [0.25, 0.3) is 11.0 Å². The number of carbonyl (C=O) groups excluding carboxylic acids is 1. The molecule has 4 rings (SSSR count). The van der Waals surface area contributed by atoms with Gasteiger partial charge < -0.3 is 19.2 Å². The van der Waals surface area contributed by atoms with Crippen molar-refractivity contribution in [1.29, 1.82) is 0 Å². The van der Waals surface area contributed by atoms with Gasteiger partial charge in [-0.3, -0.25) is 4.79 Å². The molecule has 0 saturated heterocycles. The van der Waals surface area contributed by atoms with Crippen LogP contribution in [0.5, 0.6) is 11.5 Å². The van der Waals surface area contributed by atoms with Crippen LogP contribution in [0, 0.1) is 0 Å². The molecule has 1 N–H and O–H groups in total. The Bertz CT molecular complexity index is 911. The van der Waals surface area contributed by atoms with Crippen LogP contribution in [0.1, 0.15) is 30.0 Å². The van der Waals surface area contributed by atoms with E-state index in [0.717, 1.165) is 23.1 Å². The smallest absolute Gasteiger partial charge is 0.291 e. The maximum Gasteiger partial charge on any atom is 0.291 e. The first-order chi connectivity index (χ1) is 12.1. The number of para-hydroxylation sites is 1. The highest BCUT2D eigenvalue weighted by Gasteiger charge is 2.23. The van der Waals surface area contributed by atoms with Gasteiger partial charge in [0.2, 0.25) is 0 Å². The summed E-state index contributed by atoms with van der Waals surface area (Å²) in [5, 5.41) is 3.77. The van der Waals surface area contributed by atoms with Crippen LogP contribution in [0.4, 0.5) is 5.69 Å². The number of ether oxygens (including phenoxy) is 2. The van der Waals surface area contributed by atoms with E-state index in [0.29, 0.717) is 23.6 Å². The lowest BCUT2D eigenvalue weighted by molar-refractivity contribution is 0.0998. The molecule has 0 radical (unpaired) electrons. The fourth-order valence-corrected chi connectivity index (χ4v) is 3.09. The molecule has 2 heterocycles. The van der Waals surface area contributed by atoms with E-state index < -0.39 is 0 Å². The fourth-order valence-electron chi connectivity index (χ4n) is 3.09. The van der Waals surface area contributed by atoms with Gasteiger partial charge >= 0.3 is 0 Å². The Morgan fingerprint density at radius 1 is 1.28 bits per heavy atom. The number of fused-ring (bicyclic) bond motifs is 2. The van der Waals surface area contributed by atoms with Crippen LogP contribution in [-0.2, 0) is 6.42 Å². The van der Waals surface area contributed by atoms with E-state index in [9.17, 15) is 4.79 Å². The second-order valence-electron chi connectivity index (χ2n) is 6.12. The van der Waals surface area contributed by atoms with E-state index in [-0.39, 0.29) is 17.8 Å². The molecule has 0 spiro atoms. The highest BCUT2D eigenvalue weighted by molar-refractivity contribution is 6.05. The van der Waals surface area contributed by atoms with Crippen molar-refractivity contribution in [3.63, 3.8) is 0 Å². The molecule has 0 saturated carbocycles. The highest BCUT2D eigenvalue weighted by atomic mass is 16.5. The maximum atomic E-state index is 12.6. The van der Waals surface area contributed by atoms with Crippen LogP contribution in [-0.4, -0.2) is 18.6 Å². The van der Waals surface area contributed by atoms with Gasteiger partial charge in [-0.1, -0.05) is 18.2 Å². The number of nitrogens with one attached hydrogen (secondary N) is 1. The van der Waals surface area contributed by atoms with E-state index in [4.69, 9.17) is 13.9 Å². The second-order valence-corrected chi connectivity index (χ2v) is 6.12. The van der Waals surface area contributed by atoms with E-state index in [2.05, 4.69) is 5.32 Å². The van der Waals surface area contributed by atoms with E-state index in [1.54, 1.807) is 6.07 Å². The molecule has 1 aliphatic rings. The molecule has 1 atom stereocenters. The summed E-state index contributed by atoms with van der Waals surface area (Å²) in [6, 6.07) is 13.0. The topological polar surface area (TPSA) is 60.7 Å². The van der Waals surface area contributed by atoms with Crippen molar-refractivity contribution in [2.45, 2.75) is 26.4 Å². The Morgan fingerprint density at radius 2 is 2.12 bits per heavy atom. The third kappa shape index (κ3) is 2.93. The number of carbonyl (C=O) groups is 1. The number of hydrogen-bond acceptors (Lipinski definition) is 4. The summed E-state index contributed by atoms with van der Waals surface area (Å²) in [6.45, 7) is 4.45. The summed E-state index contributed by atoms with van der Waals surface area (Å²) in [5.41, 5.74) is 2.36. The molecule has 0 unspecified atom stereocenters. The highest BCUT2D eigenvalue weighted by Crippen LogP contribution is 2.38. The van der Waals surface area contributed by atoms with Crippen molar-refractivity contribution in [2.75, 3.05) is 11.9 Å². The van der Waals surface area contributed by atoms with Crippen LogP contribution >= 0.6 is 0 Å². The van der Waals surface area contributed by atoms with Crippen molar-refractivity contribution in [2.24, 2.45) is 0 Å². The lowest BCUT2D eigenvalue weighted by atomic mass is 10.1. The quantitative estimate of drug-likeness (QED) is 0.766. The van der Waals surface area contributed by atoms with Crippen LogP contribution in [0.3, 0.4) is 0 Å². The van der Waals surface area contributed by atoms with Crippen molar-refractivity contribution in [3.8, 4) is 11.5 Å². The Morgan fingerprint density at radius 3 is 2.92 bits per heavy atom. The number of furan rings is 1. The molecule has 3 aromatic rings. The number of anilines is 1. The first-order valence-electron chi connectivity index (χ1n) is 8.40. The largest absolute Gasteiger partial charge is 0.492 e. The van der Waals surface area contributed by atoms with Gasteiger partial charge in [0, 0.05) is 23.4 Å². The lowest BCUT2D eigenvalue weighted by Gasteiger charge is -2.13. The van der Waals surface area contributed by atoms with Crippen LogP contribution < -0.4 is 14.8 Å². The molecule has 5 nitrogen and oxygen atoms in total. The third-order valence-electron chi connectivity index (χ3n) is 4.20. The normalized spacial score (nSPS) is 15.7. The predicted molar refractivity (Wildman–Crippen MR) is 95.6 cm³/mol. The molecule has 0 bridgehead atoms. The van der Waals surface area contributed by atoms with Gasteiger partial charge in [0.1, 0.15) is 23.2 Å². The molecular formula is C20H19NO4. The van der Waals surface area contributed by atoms with E-state index >= 15 is 0 Å². The minimum atomic E-state index is -0.317. The molecule has 5 heteroatoms. The first kappa shape index (κ1) is 15.6. The van der Waals surface area contributed by atoms with Crippen LogP contribution in [0.2, 0.25) is 0 Å². The summed E-state index contributed by atoms with van der Waals surface area (Å²) in [6.07, 6.45) is 0.971. The van der Waals surface area contributed by atoms with Gasteiger partial charge in [-0.05, 0) is 32.0 Å². The molecule has 1 aromatic heterocycles. The number of hydrogen-bond donors (Lipinski definition) is 1. The molecular weight excluding hydrogens is 318 g/mol. The monoisotopic (exact) mass is 337 g/mol. The van der Waals surface area contributed by atoms with Crippen LogP contribution in [0.15, 0.2) is 46.9 Å². The van der Waals surface area contributed by atoms with Crippen molar-refractivity contribution in [3.05, 3.63) is 53.8 Å². The Hall–Kier alpha value is -2.95. The zero-order valence-corrected chi connectivity index (χ0v) is 14.2. The minimum Gasteiger partial charge on any atom is -0.492 e. The van der Waals surface area contributed by atoms with Crippen molar-refractivity contribution < 1.29 is 18.7 Å². The van der Waals surface area contributed by atoms with Gasteiger partial charge in [-0.15, -0.1) is 0 Å². The van der Waals surface area contributed by atoms with Gasteiger partial charge in [0.05, 0.1) is 12.3 Å². The van der Waals surface area contributed by atoms with Crippen molar-refractivity contribution >= 4 is 22.6 Å². The summed E-state index contributed by atoms with van der Waals surface area (Å²) >= 11 is 0. The molecule has 2 aromatic carbocycles. The summed E-state index contributed by atoms with van der Waals surface area (Å²) in [4.78, 5) is 12.6. The van der Waals surface area contributed by atoms with Gasteiger partial charge in [-0.25, -0.2) is 0 Å². The average molecular weight is 337 g/mol. The molecule has 1 aliphatic heterocycles. The summed E-state index contributed by atoms with van der Waals surface area (Å²) < 4.78 is 17.1. The Kier molecular flexibility index (Phi) is 3.84. The number of amides is 1.